The molecule has 0 aromatic heterocycles. The number of nitro benzene ring substituents is 1. The standard InChI is InChI=1S/C14H15FN2O5S/c1-2-23-11-4-3-9(17(21)22)7-10(11)12(18)16-6-5-14(15,8-16)13(19)20/h3-4,7H,2,5-6,8H2,1H3,(H,19,20). The van der Waals surface area contributed by atoms with Crippen molar-refractivity contribution in [3.63, 3.8) is 0 Å². The van der Waals surface area contributed by atoms with Crippen LogP contribution in [0, 0.1) is 10.1 Å². The van der Waals surface area contributed by atoms with Crippen LogP contribution >= 0.6 is 11.8 Å². The number of nitrogens with zero attached hydrogens (tertiary/aromatic N) is 2. The number of benzene rings is 1. The van der Waals surface area contributed by atoms with E-state index >= 15 is 0 Å². The van der Waals surface area contributed by atoms with Crippen molar-refractivity contribution in [3.8, 4) is 0 Å². The highest BCUT2D eigenvalue weighted by Crippen LogP contribution is 2.31. The number of likely N-dealkylation sites (tertiary alicyclic amines) is 1. The molecule has 1 atom stereocenters. The molecule has 1 aromatic rings. The minimum Gasteiger partial charge on any atom is -0.479 e. The average Bonchev–Trinajstić information content (AvgIpc) is 2.91. The third-order valence-corrected chi connectivity index (χ3v) is 4.55. The fourth-order valence-corrected chi connectivity index (χ4v) is 3.15. The molecule has 7 nitrogen and oxygen atoms in total. The Kier molecular flexibility index (Phi) is 4.88. The Balaban J connectivity index is 2.33. The molecule has 1 aromatic carbocycles. The summed E-state index contributed by atoms with van der Waals surface area (Å²) in [5.41, 5.74) is -2.60. The summed E-state index contributed by atoms with van der Waals surface area (Å²) < 4.78 is 14.1. The zero-order chi connectivity index (χ0) is 17.2. The molecule has 0 saturated carbocycles. The maximum atomic E-state index is 14.1. The van der Waals surface area contributed by atoms with Crippen molar-refractivity contribution < 1.29 is 24.0 Å². The van der Waals surface area contributed by atoms with Crippen molar-refractivity contribution in [2.45, 2.75) is 23.9 Å². The number of hydrogen-bond acceptors (Lipinski definition) is 5. The molecule has 0 radical (unpaired) electrons. The Hall–Kier alpha value is -2.16. The Bertz CT molecular complexity index is 669. The van der Waals surface area contributed by atoms with Gasteiger partial charge in [-0.2, -0.15) is 0 Å². The van der Waals surface area contributed by atoms with Gasteiger partial charge in [0, 0.05) is 30.0 Å². The highest BCUT2D eigenvalue weighted by molar-refractivity contribution is 7.99. The van der Waals surface area contributed by atoms with Crippen molar-refractivity contribution in [1.29, 1.82) is 0 Å². The van der Waals surface area contributed by atoms with Crippen LogP contribution in [0.3, 0.4) is 0 Å². The topological polar surface area (TPSA) is 101 Å². The van der Waals surface area contributed by atoms with Crippen LogP contribution in [0.2, 0.25) is 0 Å². The lowest BCUT2D eigenvalue weighted by molar-refractivity contribution is -0.384. The molecule has 1 aliphatic rings. The van der Waals surface area contributed by atoms with Gasteiger partial charge in [0.15, 0.2) is 0 Å². The molecule has 1 heterocycles. The molecule has 9 heteroatoms. The van der Waals surface area contributed by atoms with Crippen LogP contribution in [-0.2, 0) is 4.79 Å². The number of nitro groups is 1. The molecule has 1 aliphatic heterocycles. The summed E-state index contributed by atoms with van der Waals surface area (Å²) in [6.07, 6.45) is -0.292. The van der Waals surface area contributed by atoms with Crippen LogP contribution in [0.5, 0.6) is 0 Å². The van der Waals surface area contributed by atoms with Crippen molar-refractivity contribution in [2.75, 3.05) is 18.8 Å². The predicted octanol–water partition coefficient (Wildman–Crippen LogP) is 2.35. The molecule has 1 unspecified atom stereocenters. The highest BCUT2D eigenvalue weighted by Gasteiger charge is 2.47. The lowest BCUT2D eigenvalue weighted by atomic mass is 10.1. The SMILES string of the molecule is CCSc1ccc([N+](=O)[O-])cc1C(=O)N1CCC(F)(C(=O)O)C1. The zero-order valence-corrected chi connectivity index (χ0v) is 13.1. The molecule has 1 N–H and O–H groups in total. The minimum absolute atomic E-state index is 0.0411. The van der Waals surface area contributed by atoms with Crippen LogP contribution in [0.25, 0.3) is 0 Å². The fraction of sp³-hybridized carbons (Fsp3) is 0.429. The number of alkyl halides is 1. The summed E-state index contributed by atoms with van der Waals surface area (Å²) >= 11 is 1.34. The Morgan fingerprint density at radius 2 is 2.22 bits per heavy atom. The number of carbonyl (C=O) groups is 2. The van der Waals surface area contributed by atoms with E-state index in [0.29, 0.717) is 10.6 Å². The number of thioether (sulfide) groups is 1. The van der Waals surface area contributed by atoms with E-state index in [1.165, 1.54) is 23.9 Å². The predicted molar refractivity (Wildman–Crippen MR) is 81.5 cm³/mol. The first-order chi connectivity index (χ1) is 10.8. The molecule has 0 aliphatic carbocycles. The second kappa shape index (κ2) is 6.53. The van der Waals surface area contributed by atoms with E-state index in [2.05, 4.69) is 0 Å². The summed E-state index contributed by atoms with van der Waals surface area (Å²) in [4.78, 5) is 35.4. The third kappa shape index (κ3) is 3.44. The number of carbonyl (C=O) groups excluding carboxylic acids is 1. The van der Waals surface area contributed by atoms with Crippen LogP contribution in [0.1, 0.15) is 23.7 Å². The van der Waals surface area contributed by atoms with Crippen LogP contribution in [0.4, 0.5) is 10.1 Å². The molecule has 0 bridgehead atoms. The number of non-ortho nitro benzene ring substituents is 1. The summed E-state index contributed by atoms with van der Waals surface area (Å²) in [6.45, 7) is 1.27. The summed E-state index contributed by atoms with van der Waals surface area (Å²) in [5.74, 6) is -1.54. The van der Waals surface area contributed by atoms with Crippen molar-refractivity contribution in [2.24, 2.45) is 0 Å². The van der Waals surface area contributed by atoms with Gasteiger partial charge in [-0.1, -0.05) is 6.92 Å². The van der Waals surface area contributed by atoms with E-state index in [0.717, 1.165) is 11.0 Å². The number of aliphatic carboxylic acids is 1. The first-order valence-electron chi connectivity index (χ1n) is 6.91. The third-order valence-electron chi connectivity index (χ3n) is 3.59. The van der Waals surface area contributed by atoms with E-state index in [9.17, 15) is 24.1 Å². The van der Waals surface area contributed by atoms with Gasteiger partial charge in [0.05, 0.1) is 17.0 Å². The summed E-state index contributed by atoms with van der Waals surface area (Å²) in [7, 11) is 0. The second-order valence-electron chi connectivity index (χ2n) is 5.12. The molecule has 2 rings (SSSR count). The number of halogens is 1. The Morgan fingerprint density at radius 3 is 2.74 bits per heavy atom. The van der Waals surface area contributed by atoms with Gasteiger partial charge < -0.3 is 10.0 Å². The first-order valence-corrected chi connectivity index (χ1v) is 7.90. The van der Waals surface area contributed by atoms with Gasteiger partial charge in [-0.05, 0) is 11.8 Å². The van der Waals surface area contributed by atoms with E-state index in [-0.39, 0.29) is 24.2 Å². The van der Waals surface area contributed by atoms with Gasteiger partial charge in [0.1, 0.15) is 0 Å². The largest absolute Gasteiger partial charge is 0.479 e. The van der Waals surface area contributed by atoms with Gasteiger partial charge in [0.25, 0.3) is 11.6 Å². The Labute approximate surface area is 135 Å². The summed E-state index contributed by atoms with van der Waals surface area (Å²) in [5, 5.41) is 19.8. The minimum atomic E-state index is -2.46. The molecule has 124 valence electrons. The number of carboxylic acid groups (broad SMARTS) is 1. The molecule has 1 fully saturated rings. The number of rotatable bonds is 5. The molecule has 1 saturated heterocycles. The normalized spacial score (nSPS) is 20.5. The van der Waals surface area contributed by atoms with Gasteiger partial charge in [-0.3, -0.25) is 14.9 Å². The summed E-state index contributed by atoms with van der Waals surface area (Å²) in [6, 6.07) is 3.93. The van der Waals surface area contributed by atoms with Crippen LogP contribution in [0.15, 0.2) is 23.1 Å². The van der Waals surface area contributed by atoms with Crippen molar-refractivity contribution in [1.82, 2.24) is 4.90 Å². The van der Waals surface area contributed by atoms with Crippen LogP contribution < -0.4 is 0 Å². The molecule has 0 spiro atoms. The fourth-order valence-electron chi connectivity index (χ4n) is 2.37. The lowest BCUT2D eigenvalue weighted by Crippen LogP contribution is -2.39. The van der Waals surface area contributed by atoms with Gasteiger partial charge in [-0.25, -0.2) is 9.18 Å². The molecular formula is C14H15FN2O5S. The molecule has 1 amide bonds. The van der Waals surface area contributed by atoms with Crippen molar-refractivity contribution >= 4 is 29.3 Å². The monoisotopic (exact) mass is 342 g/mol. The number of carboxylic acids is 1. The second-order valence-corrected chi connectivity index (χ2v) is 6.42. The average molecular weight is 342 g/mol. The maximum absolute atomic E-state index is 14.1. The quantitative estimate of drug-likeness (QED) is 0.501. The highest BCUT2D eigenvalue weighted by atomic mass is 32.2. The first kappa shape index (κ1) is 17.2. The van der Waals surface area contributed by atoms with Crippen LogP contribution in [-0.4, -0.2) is 51.3 Å². The van der Waals surface area contributed by atoms with E-state index < -0.39 is 29.0 Å². The smallest absolute Gasteiger partial charge is 0.343 e. The van der Waals surface area contributed by atoms with Crippen molar-refractivity contribution in [3.05, 3.63) is 33.9 Å². The zero-order valence-electron chi connectivity index (χ0n) is 12.3. The van der Waals surface area contributed by atoms with E-state index in [1.54, 1.807) is 0 Å². The molecule has 23 heavy (non-hydrogen) atoms. The maximum Gasteiger partial charge on any atom is 0.343 e. The van der Waals surface area contributed by atoms with E-state index in [4.69, 9.17) is 5.11 Å². The van der Waals surface area contributed by atoms with Gasteiger partial charge in [0.2, 0.25) is 5.67 Å². The Morgan fingerprint density at radius 1 is 1.52 bits per heavy atom. The van der Waals surface area contributed by atoms with E-state index in [1.807, 2.05) is 6.92 Å². The number of amides is 1. The lowest BCUT2D eigenvalue weighted by Gasteiger charge is -2.19. The van der Waals surface area contributed by atoms with Gasteiger partial charge in [-0.15, -0.1) is 11.8 Å². The number of hydrogen-bond donors (Lipinski definition) is 1. The molecular weight excluding hydrogens is 327 g/mol. The van der Waals surface area contributed by atoms with Gasteiger partial charge >= 0.3 is 5.97 Å².